The number of carbonyl (C=O) groups is 2. The molecule has 0 unspecified atom stereocenters. The van der Waals surface area contributed by atoms with E-state index in [4.69, 9.17) is 4.74 Å². The number of rotatable bonds is 7. The van der Waals surface area contributed by atoms with E-state index < -0.39 is 0 Å². The van der Waals surface area contributed by atoms with E-state index in [-0.39, 0.29) is 24.5 Å². The number of ether oxygens (including phenoxy) is 1. The van der Waals surface area contributed by atoms with Crippen LogP contribution >= 0.6 is 15.9 Å². The van der Waals surface area contributed by atoms with Crippen LogP contribution in [0.2, 0.25) is 0 Å². The van der Waals surface area contributed by atoms with E-state index in [0.29, 0.717) is 18.8 Å². The number of amides is 1. The summed E-state index contributed by atoms with van der Waals surface area (Å²) >= 11 is 3.40. The number of esters is 1. The maximum Gasteiger partial charge on any atom is 0.325 e. The van der Waals surface area contributed by atoms with Gasteiger partial charge < -0.3 is 14.2 Å². The fraction of sp³-hybridized carbons (Fsp3) is 0.600. The number of aromatic nitrogens is 1. The van der Waals surface area contributed by atoms with Crippen molar-refractivity contribution in [2.24, 2.45) is 0 Å². The van der Waals surface area contributed by atoms with Crippen molar-refractivity contribution < 1.29 is 14.3 Å². The topological polar surface area (TPSA) is 51.5 Å². The third-order valence-corrected chi connectivity index (χ3v) is 3.43. The molecular weight excluding hydrogens is 336 g/mol. The van der Waals surface area contributed by atoms with Crippen LogP contribution in [0.4, 0.5) is 0 Å². The van der Waals surface area contributed by atoms with Gasteiger partial charge in [-0.05, 0) is 49.2 Å². The van der Waals surface area contributed by atoms with Gasteiger partial charge in [-0.1, -0.05) is 6.92 Å². The first-order valence-electron chi connectivity index (χ1n) is 7.22. The van der Waals surface area contributed by atoms with Gasteiger partial charge in [0.1, 0.15) is 12.2 Å². The van der Waals surface area contributed by atoms with Crippen molar-refractivity contribution in [3.8, 4) is 0 Å². The second-order valence-electron chi connectivity index (χ2n) is 5.08. The monoisotopic (exact) mass is 358 g/mol. The molecule has 1 aromatic heterocycles. The Bertz CT molecular complexity index is 497. The van der Waals surface area contributed by atoms with Crippen molar-refractivity contribution in [3.05, 3.63) is 22.4 Å². The molecule has 0 saturated heterocycles. The minimum Gasteiger partial charge on any atom is -0.465 e. The van der Waals surface area contributed by atoms with E-state index in [1.165, 1.54) is 0 Å². The molecule has 0 aromatic carbocycles. The molecule has 0 N–H and O–H groups in total. The van der Waals surface area contributed by atoms with Gasteiger partial charge in [0.05, 0.1) is 6.61 Å². The zero-order chi connectivity index (χ0) is 16.0. The smallest absolute Gasteiger partial charge is 0.325 e. The number of hydrogen-bond acceptors (Lipinski definition) is 3. The third-order valence-electron chi connectivity index (χ3n) is 3.00. The van der Waals surface area contributed by atoms with Crippen LogP contribution in [0.25, 0.3) is 0 Å². The largest absolute Gasteiger partial charge is 0.465 e. The fourth-order valence-electron chi connectivity index (χ4n) is 2.09. The highest BCUT2D eigenvalue weighted by Crippen LogP contribution is 2.21. The summed E-state index contributed by atoms with van der Waals surface area (Å²) in [5.41, 5.74) is 0.578. The second kappa shape index (κ2) is 8.22. The summed E-state index contributed by atoms with van der Waals surface area (Å²) in [6, 6.07) is 1.96. The standard InChI is InChI=1S/C15H23BrN2O3/c1-5-7-17(10-14(19)21-6-2)15(20)13-8-12(16)9-18(13)11(3)4/h8-9,11H,5-7,10H2,1-4H3. The van der Waals surface area contributed by atoms with Gasteiger partial charge in [0.15, 0.2) is 0 Å². The quantitative estimate of drug-likeness (QED) is 0.703. The lowest BCUT2D eigenvalue weighted by molar-refractivity contribution is -0.143. The van der Waals surface area contributed by atoms with Gasteiger partial charge in [0.2, 0.25) is 0 Å². The summed E-state index contributed by atoms with van der Waals surface area (Å²) in [6.45, 7) is 8.59. The average Bonchev–Trinajstić information content (AvgIpc) is 2.80. The molecule has 5 nitrogen and oxygen atoms in total. The summed E-state index contributed by atoms with van der Waals surface area (Å²) in [5, 5.41) is 0. The predicted molar refractivity (Wildman–Crippen MR) is 85.3 cm³/mol. The van der Waals surface area contributed by atoms with Crippen LogP contribution in [0.1, 0.15) is 50.6 Å². The Labute approximate surface area is 134 Å². The van der Waals surface area contributed by atoms with Crippen LogP contribution in [-0.2, 0) is 9.53 Å². The van der Waals surface area contributed by atoms with Crippen molar-refractivity contribution >= 4 is 27.8 Å². The van der Waals surface area contributed by atoms with Gasteiger partial charge >= 0.3 is 5.97 Å². The minimum absolute atomic E-state index is 0.0125. The molecular formula is C15H23BrN2O3. The number of nitrogens with zero attached hydrogens (tertiary/aromatic N) is 2. The molecule has 0 bridgehead atoms. The molecule has 0 spiro atoms. The van der Waals surface area contributed by atoms with Gasteiger partial charge in [-0.3, -0.25) is 9.59 Å². The zero-order valence-corrected chi connectivity index (χ0v) is 14.6. The van der Waals surface area contributed by atoms with Crippen molar-refractivity contribution in [2.75, 3.05) is 19.7 Å². The maximum absolute atomic E-state index is 12.7. The highest BCUT2D eigenvalue weighted by atomic mass is 79.9. The molecule has 1 aromatic rings. The molecule has 0 saturated carbocycles. The Kier molecular flexibility index (Phi) is 6.95. The highest BCUT2D eigenvalue weighted by Gasteiger charge is 2.23. The number of carbonyl (C=O) groups excluding carboxylic acids is 2. The molecule has 1 heterocycles. The summed E-state index contributed by atoms with van der Waals surface area (Å²) in [6.07, 6.45) is 2.67. The van der Waals surface area contributed by atoms with Gasteiger partial charge in [0, 0.05) is 23.3 Å². The van der Waals surface area contributed by atoms with Gasteiger partial charge in [0.25, 0.3) is 5.91 Å². The van der Waals surface area contributed by atoms with E-state index in [2.05, 4.69) is 15.9 Å². The molecule has 0 atom stereocenters. The van der Waals surface area contributed by atoms with E-state index >= 15 is 0 Å². The lowest BCUT2D eigenvalue weighted by Gasteiger charge is -2.22. The third kappa shape index (κ3) is 4.88. The lowest BCUT2D eigenvalue weighted by atomic mass is 10.3. The lowest BCUT2D eigenvalue weighted by Crippen LogP contribution is -2.38. The normalized spacial score (nSPS) is 10.8. The van der Waals surface area contributed by atoms with Crippen molar-refractivity contribution in [3.63, 3.8) is 0 Å². The minimum atomic E-state index is -0.374. The van der Waals surface area contributed by atoms with Crippen LogP contribution in [-0.4, -0.2) is 41.0 Å². The molecule has 0 aliphatic rings. The Morgan fingerprint density at radius 2 is 2.05 bits per heavy atom. The van der Waals surface area contributed by atoms with Crippen LogP contribution in [0.5, 0.6) is 0 Å². The molecule has 1 amide bonds. The van der Waals surface area contributed by atoms with Crippen LogP contribution < -0.4 is 0 Å². The Morgan fingerprint density at radius 3 is 2.57 bits per heavy atom. The Balaban J connectivity index is 2.97. The number of halogens is 1. The summed E-state index contributed by atoms with van der Waals surface area (Å²) < 4.78 is 7.70. The van der Waals surface area contributed by atoms with Crippen LogP contribution in [0.15, 0.2) is 16.7 Å². The first-order valence-corrected chi connectivity index (χ1v) is 8.02. The highest BCUT2D eigenvalue weighted by molar-refractivity contribution is 9.10. The van der Waals surface area contributed by atoms with Crippen molar-refractivity contribution in [2.45, 2.75) is 40.2 Å². The van der Waals surface area contributed by atoms with Crippen LogP contribution in [0.3, 0.4) is 0 Å². The van der Waals surface area contributed by atoms with Crippen molar-refractivity contribution in [1.82, 2.24) is 9.47 Å². The fourth-order valence-corrected chi connectivity index (χ4v) is 2.53. The number of hydrogen-bond donors (Lipinski definition) is 0. The first kappa shape index (κ1) is 17.8. The first-order chi connectivity index (χ1) is 9.90. The SMILES string of the molecule is CCCN(CC(=O)OCC)C(=O)c1cc(Br)cn1C(C)C. The predicted octanol–water partition coefficient (Wildman–Crippen LogP) is 3.25. The molecule has 0 fully saturated rings. The summed E-state index contributed by atoms with van der Waals surface area (Å²) in [5.74, 6) is -0.523. The zero-order valence-electron chi connectivity index (χ0n) is 13.1. The second-order valence-corrected chi connectivity index (χ2v) is 5.99. The van der Waals surface area contributed by atoms with E-state index in [9.17, 15) is 9.59 Å². The van der Waals surface area contributed by atoms with E-state index in [1.807, 2.05) is 31.5 Å². The molecule has 118 valence electrons. The van der Waals surface area contributed by atoms with E-state index in [0.717, 1.165) is 10.9 Å². The summed E-state index contributed by atoms with van der Waals surface area (Å²) in [4.78, 5) is 25.9. The van der Waals surface area contributed by atoms with Gasteiger partial charge in [-0.2, -0.15) is 0 Å². The molecule has 1 rings (SSSR count). The maximum atomic E-state index is 12.7. The molecule has 0 radical (unpaired) electrons. The van der Waals surface area contributed by atoms with Gasteiger partial charge in [-0.15, -0.1) is 0 Å². The van der Waals surface area contributed by atoms with E-state index in [1.54, 1.807) is 17.9 Å². The van der Waals surface area contributed by atoms with Crippen molar-refractivity contribution in [1.29, 1.82) is 0 Å². The molecule has 6 heteroatoms. The molecule has 0 aliphatic carbocycles. The van der Waals surface area contributed by atoms with Crippen LogP contribution in [0, 0.1) is 0 Å². The Hall–Kier alpha value is -1.30. The molecule has 0 aliphatic heterocycles. The summed E-state index contributed by atoms with van der Waals surface area (Å²) in [7, 11) is 0. The van der Waals surface area contributed by atoms with Gasteiger partial charge in [-0.25, -0.2) is 0 Å². The average molecular weight is 359 g/mol. The molecule has 21 heavy (non-hydrogen) atoms. The Morgan fingerprint density at radius 1 is 1.38 bits per heavy atom.